The number of benzene rings is 2. The van der Waals surface area contributed by atoms with Crippen molar-refractivity contribution in [1.82, 2.24) is 5.16 Å². The Morgan fingerprint density at radius 1 is 1.00 bits per heavy atom. The fourth-order valence-corrected chi connectivity index (χ4v) is 3.02. The van der Waals surface area contributed by atoms with Crippen molar-refractivity contribution < 1.29 is 12.9 Å². The highest BCUT2D eigenvalue weighted by Gasteiger charge is 2.21. The molecular formula is C15H11ClN2O3S. The molecule has 0 aliphatic rings. The fraction of sp³-hybridized carbons (Fsp3) is 0. The van der Waals surface area contributed by atoms with Crippen LogP contribution in [0, 0.1) is 0 Å². The van der Waals surface area contributed by atoms with Gasteiger partial charge >= 0.3 is 0 Å². The number of hydrogen-bond acceptors (Lipinski definition) is 4. The first-order valence-corrected chi connectivity index (χ1v) is 8.21. The molecular weight excluding hydrogens is 324 g/mol. The first kappa shape index (κ1) is 14.6. The molecule has 0 bridgehead atoms. The third-order valence-corrected chi connectivity index (χ3v) is 4.36. The van der Waals surface area contributed by atoms with E-state index in [0.717, 1.165) is 5.56 Å². The van der Waals surface area contributed by atoms with Gasteiger partial charge in [0, 0.05) is 16.7 Å². The zero-order chi connectivity index (χ0) is 15.6. The van der Waals surface area contributed by atoms with E-state index in [-0.39, 0.29) is 5.09 Å². The van der Waals surface area contributed by atoms with Gasteiger partial charge in [-0.3, -0.25) is 4.72 Å². The second-order valence-corrected chi connectivity index (χ2v) is 6.56. The van der Waals surface area contributed by atoms with E-state index >= 15 is 0 Å². The maximum absolute atomic E-state index is 12.3. The lowest BCUT2D eigenvalue weighted by molar-refractivity contribution is 0.341. The van der Waals surface area contributed by atoms with Gasteiger partial charge in [0.15, 0.2) is 0 Å². The number of nitrogens with one attached hydrogen (secondary N) is 1. The summed E-state index contributed by atoms with van der Waals surface area (Å²) in [4.78, 5) is 0. The van der Waals surface area contributed by atoms with Crippen LogP contribution in [-0.2, 0) is 10.0 Å². The predicted octanol–water partition coefficient (Wildman–Crippen LogP) is 3.80. The minimum Gasteiger partial charge on any atom is -0.342 e. The Kier molecular flexibility index (Phi) is 3.87. The van der Waals surface area contributed by atoms with Crippen LogP contribution in [0.3, 0.4) is 0 Å². The van der Waals surface area contributed by atoms with Crippen LogP contribution in [-0.4, -0.2) is 13.6 Å². The van der Waals surface area contributed by atoms with Gasteiger partial charge < -0.3 is 4.52 Å². The number of halogens is 1. The summed E-state index contributed by atoms with van der Waals surface area (Å²) in [6.07, 6.45) is 0. The third kappa shape index (κ3) is 3.13. The lowest BCUT2D eigenvalue weighted by atomic mass is 10.2. The Hall–Kier alpha value is -2.31. The molecule has 5 nitrogen and oxygen atoms in total. The van der Waals surface area contributed by atoms with Crippen molar-refractivity contribution in [3.05, 3.63) is 65.7 Å². The number of sulfonamides is 1. The van der Waals surface area contributed by atoms with E-state index in [4.69, 9.17) is 16.1 Å². The van der Waals surface area contributed by atoms with Crippen molar-refractivity contribution in [2.45, 2.75) is 5.09 Å². The number of nitrogens with zero attached hydrogens (tertiary/aromatic N) is 1. The smallest absolute Gasteiger partial charge is 0.298 e. The van der Waals surface area contributed by atoms with E-state index in [1.54, 1.807) is 18.2 Å². The van der Waals surface area contributed by atoms with Gasteiger partial charge in [0.1, 0.15) is 5.69 Å². The molecule has 22 heavy (non-hydrogen) atoms. The minimum atomic E-state index is -3.86. The quantitative estimate of drug-likeness (QED) is 0.787. The van der Waals surface area contributed by atoms with Crippen LogP contribution in [0.4, 0.5) is 5.69 Å². The fourth-order valence-electron chi connectivity index (χ4n) is 1.89. The molecule has 0 saturated heterocycles. The minimum absolute atomic E-state index is 0.258. The molecule has 0 atom stereocenters. The van der Waals surface area contributed by atoms with Crippen molar-refractivity contribution in [1.29, 1.82) is 0 Å². The van der Waals surface area contributed by atoms with Gasteiger partial charge in [-0.05, 0) is 18.2 Å². The molecule has 0 aliphatic heterocycles. The Bertz CT molecular complexity index is 892. The molecule has 0 aliphatic carbocycles. The number of aromatic nitrogens is 1. The molecule has 3 aromatic rings. The van der Waals surface area contributed by atoms with E-state index in [9.17, 15) is 8.42 Å². The summed E-state index contributed by atoms with van der Waals surface area (Å²) < 4.78 is 31.9. The van der Waals surface area contributed by atoms with E-state index < -0.39 is 10.0 Å². The SMILES string of the molecule is O=S(=O)(Nc1cccc(Cl)c1)c1cc(-c2ccccc2)no1. The number of hydrogen-bond donors (Lipinski definition) is 1. The second kappa shape index (κ2) is 5.82. The Morgan fingerprint density at radius 2 is 1.77 bits per heavy atom. The number of rotatable bonds is 4. The highest BCUT2D eigenvalue weighted by molar-refractivity contribution is 7.92. The molecule has 1 heterocycles. The lowest BCUT2D eigenvalue weighted by Gasteiger charge is -2.04. The highest BCUT2D eigenvalue weighted by Crippen LogP contribution is 2.23. The Labute approximate surface area is 132 Å². The molecule has 3 rings (SSSR count). The molecule has 0 radical (unpaired) electrons. The van der Waals surface area contributed by atoms with Gasteiger partial charge in [0.25, 0.3) is 15.1 Å². The summed E-state index contributed by atoms with van der Waals surface area (Å²) in [6.45, 7) is 0. The van der Waals surface area contributed by atoms with Gasteiger partial charge in [0.05, 0.1) is 5.69 Å². The third-order valence-electron chi connectivity index (χ3n) is 2.90. The maximum atomic E-state index is 12.3. The zero-order valence-electron chi connectivity index (χ0n) is 11.2. The summed E-state index contributed by atoms with van der Waals surface area (Å²) >= 11 is 5.83. The molecule has 7 heteroatoms. The van der Waals surface area contributed by atoms with Crippen molar-refractivity contribution >= 4 is 27.3 Å². The zero-order valence-corrected chi connectivity index (χ0v) is 12.8. The first-order valence-electron chi connectivity index (χ1n) is 6.35. The largest absolute Gasteiger partial charge is 0.342 e. The van der Waals surface area contributed by atoms with Gasteiger partial charge in [-0.25, -0.2) is 0 Å². The summed E-state index contributed by atoms with van der Waals surface area (Å²) in [7, 11) is -3.86. The van der Waals surface area contributed by atoms with Crippen LogP contribution in [0.2, 0.25) is 5.02 Å². The summed E-state index contributed by atoms with van der Waals surface area (Å²) in [5.41, 5.74) is 1.58. The second-order valence-electron chi connectivity index (χ2n) is 4.51. The Balaban J connectivity index is 1.89. The highest BCUT2D eigenvalue weighted by atomic mass is 35.5. The molecule has 0 unspecified atom stereocenters. The van der Waals surface area contributed by atoms with Gasteiger partial charge in [-0.1, -0.05) is 53.2 Å². The molecule has 0 fully saturated rings. The molecule has 1 N–H and O–H groups in total. The number of anilines is 1. The van der Waals surface area contributed by atoms with Crippen molar-refractivity contribution in [2.75, 3.05) is 4.72 Å². The van der Waals surface area contributed by atoms with E-state index in [1.807, 2.05) is 30.3 Å². The maximum Gasteiger partial charge on any atom is 0.298 e. The van der Waals surface area contributed by atoms with Crippen LogP contribution < -0.4 is 4.72 Å². The van der Waals surface area contributed by atoms with Crippen molar-refractivity contribution in [3.8, 4) is 11.3 Å². The van der Waals surface area contributed by atoms with E-state index in [2.05, 4.69) is 9.88 Å². The average molecular weight is 335 g/mol. The lowest BCUT2D eigenvalue weighted by Crippen LogP contribution is -2.11. The van der Waals surface area contributed by atoms with Crippen LogP contribution in [0.15, 0.2) is 70.3 Å². The van der Waals surface area contributed by atoms with Gasteiger partial charge in [-0.15, -0.1) is 0 Å². The van der Waals surface area contributed by atoms with Crippen LogP contribution in [0.1, 0.15) is 0 Å². The standard InChI is InChI=1S/C15H11ClN2O3S/c16-12-7-4-8-13(9-12)18-22(19,20)15-10-14(17-21-15)11-5-2-1-3-6-11/h1-10,18H. The summed E-state index contributed by atoms with van der Waals surface area (Å²) in [6, 6.07) is 17.0. The molecule has 0 spiro atoms. The predicted molar refractivity (Wildman–Crippen MR) is 84.2 cm³/mol. The van der Waals surface area contributed by atoms with Gasteiger partial charge in [0.2, 0.25) is 0 Å². The monoisotopic (exact) mass is 334 g/mol. The van der Waals surface area contributed by atoms with Crippen molar-refractivity contribution in [2.24, 2.45) is 0 Å². The summed E-state index contributed by atoms with van der Waals surface area (Å²) in [5, 5.41) is 3.97. The van der Waals surface area contributed by atoms with E-state index in [1.165, 1.54) is 12.1 Å². The Morgan fingerprint density at radius 3 is 2.50 bits per heavy atom. The van der Waals surface area contributed by atoms with Crippen molar-refractivity contribution in [3.63, 3.8) is 0 Å². The first-order chi connectivity index (χ1) is 10.5. The van der Waals surface area contributed by atoms with E-state index in [0.29, 0.717) is 16.4 Å². The average Bonchev–Trinajstić information content (AvgIpc) is 2.98. The molecule has 2 aromatic carbocycles. The summed E-state index contributed by atoms with van der Waals surface area (Å²) in [5.74, 6) is 0. The topological polar surface area (TPSA) is 72.2 Å². The molecule has 112 valence electrons. The molecule has 0 amide bonds. The molecule has 1 aromatic heterocycles. The molecule has 0 saturated carbocycles. The van der Waals surface area contributed by atoms with Gasteiger partial charge in [-0.2, -0.15) is 8.42 Å². The van der Waals surface area contributed by atoms with Crippen LogP contribution >= 0.6 is 11.6 Å². The van der Waals surface area contributed by atoms with Crippen LogP contribution in [0.25, 0.3) is 11.3 Å². The van der Waals surface area contributed by atoms with Crippen LogP contribution in [0.5, 0.6) is 0 Å². The normalized spacial score (nSPS) is 11.3.